The lowest BCUT2D eigenvalue weighted by molar-refractivity contribution is 0.0936. The van der Waals surface area contributed by atoms with Gasteiger partial charge in [-0.2, -0.15) is 5.10 Å². The number of imidazole rings is 1. The molecule has 0 saturated heterocycles. The minimum absolute atomic E-state index is 0.266. The van der Waals surface area contributed by atoms with Gasteiger partial charge in [-0.25, -0.2) is 4.98 Å². The topological polar surface area (TPSA) is 75.6 Å². The predicted molar refractivity (Wildman–Crippen MR) is 108 cm³/mol. The molecule has 0 bridgehead atoms. The zero-order valence-electron chi connectivity index (χ0n) is 15.1. The molecule has 2 aromatic heterocycles. The van der Waals surface area contributed by atoms with Crippen LogP contribution in [0.2, 0.25) is 5.02 Å². The number of nitrogens with one attached hydrogen (secondary N) is 2. The molecule has 0 fully saturated rings. The summed E-state index contributed by atoms with van der Waals surface area (Å²) in [7, 11) is 1.89. The van der Waals surface area contributed by atoms with E-state index in [9.17, 15) is 4.79 Å². The van der Waals surface area contributed by atoms with Crippen molar-refractivity contribution in [2.45, 2.75) is 6.04 Å². The Balaban J connectivity index is 1.62. The number of aryl methyl sites for hydroxylation is 1. The van der Waals surface area contributed by atoms with Crippen molar-refractivity contribution in [2.75, 3.05) is 0 Å². The number of aromatic amines is 1. The highest BCUT2D eigenvalue weighted by Crippen LogP contribution is 2.23. The Kier molecular flexibility index (Phi) is 4.95. The van der Waals surface area contributed by atoms with Crippen molar-refractivity contribution in [2.24, 2.45) is 7.05 Å². The number of hydrogen-bond acceptors (Lipinski definition) is 3. The SMILES string of the molecule is Cn1ccnc1[C@H](NC(=O)c1cc(-c2ccccc2)n[nH]1)c1ccc(Cl)cc1. The van der Waals surface area contributed by atoms with Gasteiger partial charge in [-0.1, -0.05) is 54.1 Å². The molecule has 0 aliphatic heterocycles. The molecule has 0 saturated carbocycles. The molecule has 0 aliphatic rings. The van der Waals surface area contributed by atoms with Crippen molar-refractivity contribution in [3.63, 3.8) is 0 Å². The molecule has 4 rings (SSSR count). The van der Waals surface area contributed by atoms with Crippen molar-refractivity contribution in [1.82, 2.24) is 25.1 Å². The van der Waals surface area contributed by atoms with Gasteiger partial charge >= 0.3 is 0 Å². The van der Waals surface area contributed by atoms with Crippen LogP contribution >= 0.6 is 11.6 Å². The monoisotopic (exact) mass is 391 g/mol. The van der Waals surface area contributed by atoms with Crippen LogP contribution in [0.1, 0.15) is 27.9 Å². The fourth-order valence-corrected chi connectivity index (χ4v) is 3.14. The Bertz CT molecular complexity index is 1090. The van der Waals surface area contributed by atoms with Crippen LogP contribution in [-0.4, -0.2) is 25.7 Å². The molecule has 28 heavy (non-hydrogen) atoms. The summed E-state index contributed by atoms with van der Waals surface area (Å²) in [6, 6.07) is 18.4. The van der Waals surface area contributed by atoms with Gasteiger partial charge in [0, 0.05) is 30.0 Å². The highest BCUT2D eigenvalue weighted by atomic mass is 35.5. The van der Waals surface area contributed by atoms with Gasteiger partial charge in [-0.15, -0.1) is 0 Å². The number of benzene rings is 2. The number of H-pyrrole nitrogens is 1. The minimum atomic E-state index is -0.423. The van der Waals surface area contributed by atoms with E-state index in [1.807, 2.05) is 60.3 Å². The first-order valence-electron chi connectivity index (χ1n) is 8.76. The van der Waals surface area contributed by atoms with E-state index in [1.54, 1.807) is 24.4 Å². The average Bonchev–Trinajstić information content (AvgIpc) is 3.37. The Morgan fingerprint density at radius 2 is 1.89 bits per heavy atom. The van der Waals surface area contributed by atoms with E-state index >= 15 is 0 Å². The van der Waals surface area contributed by atoms with E-state index in [0.717, 1.165) is 17.0 Å². The molecule has 2 heterocycles. The van der Waals surface area contributed by atoms with Crippen LogP contribution in [0, 0.1) is 0 Å². The van der Waals surface area contributed by atoms with Crippen molar-refractivity contribution in [3.8, 4) is 11.3 Å². The van der Waals surface area contributed by atoms with Crippen LogP contribution in [0.4, 0.5) is 0 Å². The number of nitrogens with zero attached hydrogens (tertiary/aromatic N) is 3. The zero-order chi connectivity index (χ0) is 19.5. The first-order chi connectivity index (χ1) is 13.6. The third-order valence-corrected chi connectivity index (χ3v) is 4.74. The fraction of sp³-hybridized carbons (Fsp3) is 0.0952. The number of carbonyl (C=O) groups is 1. The van der Waals surface area contributed by atoms with Gasteiger partial charge < -0.3 is 9.88 Å². The smallest absolute Gasteiger partial charge is 0.270 e. The number of aromatic nitrogens is 4. The van der Waals surface area contributed by atoms with Crippen LogP contribution in [0.25, 0.3) is 11.3 Å². The van der Waals surface area contributed by atoms with Gasteiger partial charge in [0.2, 0.25) is 0 Å². The Morgan fingerprint density at radius 1 is 1.14 bits per heavy atom. The summed E-state index contributed by atoms with van der Waals surface area (Å²) in [5, 5.41) is 10.7. The lowest BCUT2D eigenvalue weighted by Gasteiger charge is -2.19. The van der Waals surface area contributed by atoms with Crippen molar-refractivity contribution < 1.29 is 4.79 Å². The summed E-state index contributed by atoms with van der Waals surface area (Å²) in [6.07, 6.45) is 3.54. The maximum absolute atomic E-state index is 12.9. The van der Waals surface area contributed by atoms with Crippen LogP contribution in [0.3, 0.4) is 0 Å². The summed E-state index contributed by atoms with van der Waals surface area (Å²) in [5.74, 6) is 0.455. The maximum Gasteiger partial charge on any atom is 0.270 e. The van der Waals surface area contributed by atoms with Crippen molar-refractivity contribution >= 4 is 17.5 Å². The van der Waals surface area contributed by atoms with Crippen LogP contribution in [-0.2, 0) is 7.05 Å². The Labute approximate surface area is 167 Å². The lowest BCUT2D eigenvalue weighted by atomic mass is 10.1. The molecule has 140 valence electrons. The van der Waals surface area contributed by atoms with Crippen LogP contribution in [0.5, 0.6) is 0 Å². The predicted octanol–water partition coefficient (Wildman–Crippen LogP) is 3.98. The largest absolute Gasteiger partial charge is 0.337 e. The van der Waals surface area contributed by atoms with E-state index in [4.69, 9.17) is 11.6 Å². The van der Waals surface area contributed by atoms with Gasteiger partial charge in [0.15, 0.2) is 0 Å². The number of halogens is 1. The molecular formula is C21H18ClN5O. The fourth-order valence-electron chi connectivity index (χ4n) is 3.01. The van der Waals surface area contributed by atoms with Gasteiger partial charge in [0.05, 0.1) is 5.69 Å². The molecular weight excluding hydrogens is 374 g/mol. The van der Waals surface area contributed by atoms with E-state index in [1.165, 1.54) is 0 Å². The summed E-state index contributed by atoms with van der Waals surface area (Å²) in [4.78, 5) is 17.3. The number of carbonyl (C=O) groups excluding carboxylic acids is 1. The van der Waals surface area contributed by atoms with Crippen LogP contribution < -0.4 is 5.32 Å². The van der Waals surface area contributed by atoms with E-state index < -0.39 is 6.04 Å². The summed E-state index contributed by atoms with van der Waals surface area (Å²) >= 11 is 6.01. The highest BCUT2D eigenvalue weighted by Gasteiger charge is 2.22. The number of amides is 1. The van der Waals surface area contributed by atoms with Crippen molar-refractivity contribution in [3.05, 3.63) is 95.2 Å². The molecule has 0 radical (unpaired) electrons. The van der Waals surface area contributed by atoms with Gasteiger partial charge in [-0.05, 0) is 23.8 Å². The first kappa shape index (κ1) is 18.0. The quantitative estimate of drug-likeness (QED) is 0.540. The molecule has 0 spiro atoms. The second-order valence-electron chi connectivity index (χ2n) is 6.39. The molecule has 7 heteroatoms. The second kappa shape index (κ2) is 7.70. The number of hydrogen-bond donors (Lipinski definition) is 2. The minimum Gasteiger partial charge on any atom is -0.337 e. The maximum atomic E-state index is 12.9. The summed E-state index contributed by atoms with van der Waals surface area (Å²) in [5.41, 5.74) is 2.92. The molecule has 4 aromatic rings. The molecule has 2 N–H and O–H groups in total. The standard InChI is InChI=1S/C21H18ClN5O/c1-27-12-11-23-20(27)19(15-7-9-16(22)10-8-15)24-21(28)18-13-17(25-26-18)14-5-3-2-4-6-14/h2-13,19H,1H3,(H,24,28)(H,25,26)/t19-/m1/s1. The van der Waals surface area contributed by atoms with E-state index in [-0.39, 0.29) is 5.91 Å². The third kappa shape index (κ3) is 3.68. The summed E-state index contributed by atoms with van der Waals surface area (Å²) < 4.78 is 1.88. The molecule has 6 nitrogen and oxygen atoms in total. The number of rotatable bonds is 5. The van der Waals surface area contributed by atoms with Crippen molar-refractivity contribution in [1.29, 1.82) is 0 Å². The average molecular weight is 392 g/mol. The van der Waals surface area contributed by atoms with Gasteiger partial charge in [0.1, 0.15) is 17.6 Å². The second-order valence-corrected chi connectivity index (χ2v) is 6.82. The molecule has 0 unspecified atom stereocenters. The highest BCUT2D eigenvalue weighted by molar-refractivity contribution is 6.30. The first-order valence-corrected chi connectivity index (χ1v) is 9.14. The van der Waals surface area contributed by atoms with Gasteiger partial charge in [0.25, 0.3) is 5.91 Å². The molecule has 2 aromatic carbocycles. The lowest BCUT2D eigenvalue weighted by Crippen LogP contribution is -2.31. The normalized spacial score (nSPS) is 11.9. The third-order valence-electron chi connectivity index (χ3n) is 4.49. The zero-order valence-corrected chi connectivity index (χ0v) is 15.9. The van der Waals surface area contributed by atoms with Crippen LogP contribution in [0.15, 0.2) is 73.1 Å². The Hall–Kier alpha value is -3.38. The molecule has 1 atom stereocenters. The van der Waals surface area contributed by atoms with E-state index in [0.29, 0.717) is 16.4 Å². The summed E-state index contributed by atoms with van der Waals surface area (Å²) in [6.45, 7) is 0. The molecule has 1 amide bonds. The van der Waals surface area contributed by atoms with E-state index in [2.05, 4.69) is 20.5 Å². The van der Waals surface area contributed by atoms with Gasteiger partial charge in [-0.3, -0.25) is 9.89 Å². The Morgan fingerprint density at radius 3 is 2.57 bits per heavy atom. The molecule has 0 aliphatic carbocycles.